The number of piperidine rings is 1. The molecule has 0 aliphatic carbocycles. The van der Waals surface area contributed by atoms with Gasteiger partial charge < -0.3 is 15.3 Å². The Labute approximate surface area is 97.0 Å². The lowest BCUT2D eigenvalue weighted by Gasteiger charge is -2.37. The molecule has 0 aromatic carbocycles. The molecule has 2 unspecified atom stereocenters. The van der Waals surface area contributed by atoms with Crippen molar-refractivity contribution in [2.45, 2.75) is 44.8 Å². The van der Waals surface area contributed by atoms with Crippen LogP contribution < -0.4 is 5.32 Å². The van der Waals surface area contributed by atoms with Gasteiger partial charge in [-0.25, -0.2) is 0 Å². The fourth-order valence-corrected chi connectivity index (χ4v) is 2.64. The molecule has 0 spiro atoms. The largest absolute Gasteiger partial charge is 0.390 e. The van der Waals surface area contributed by atoms with E-state index in [4.69, 9.17) is 0 Å². The SMILES string of the molecule is CC1NCCC1C(=O)N1CCC(C)(O)CC1. The third kappa shape index (κ3) is 2.38. The highest BCUT2D eigenvalue weighted by atomic mass is 16.3. The predicted molar refractivity (Wildman–Crippen MR) is 62.0 cm³/mol. The number of aliphatic hydroxyl groups is 1. The Bertz CT molecular complexity index is 268. The maximum atomic E-state index is 12.2. The van der Waals surface area contributed by atoms with Crippen molar-refractivity contribution in [1.29, 1.82) is 0 Å². The molecule has 2 heterocycles. The third-order valence-electron chi connectivity index (χ3n) is 3.99. The van der Waals surface area contributed by atoms with Crippen molar-refractivity contribution in [3.63, 3.8) is 0 Å². The van der Waals surface area contributed by atoms with Crippen molar-refractivity contribution in [2.24, 2.45) is 5.92 Å². The summed E-state index contributed by atoms with van der Waals surface area (Å²) >= 11 is 0. The Morgan fingerprint density at radius 2 is 2.06 bits per heavy atom. The maximum absolute atomic E-state index is 12.2. The first kappa shape index (κ1) is 11.9. The topological polar surface area (TPSA) is 52.6 Å². The Morgan fingerprint density at radius 3 is 2.56 bits per heavy atom. The second-order valence-corrected chi connectivity index (χ2v) is 5.46. The van der Waals surface area contributed by atoms with Crippen LogP contribution in [-0.4, -0.2) is 47.2 Å². The van der Waals surface area contributed by atoms with Gasteiger partial charge >= 0.3 is 0 Å². The zero-order chi connectivity index (χ0) is 11.8. The molecular formula is C12H22N2O2. The van der Waals surface area contributed by atoms with Crippen LogP contribution in [0.2, 0.25) is 0 Å². The first-order valence-electron chi connectivity index (χ1n) is 6.24. The summed E-state index contributed by atoms with van der Waals surface area (Å²) in [7, 11) is 0. The average Bonchev–Trinajstić information content (AvgIpc) is 2.63. The number of hydrogen-bond donors (Lipinski definition) is 2. The van der Waals surface area contributed by atoms with Crippen LogP contribution >= 0.6 is 0 Å². The van der Waals surface area contributed by atoms with Crippen LogP contribution in [-0.2, 0) is 4.79 Å². The van der Waals surface area contributed by atoms with Crippen LogP contribution in [0.25, 0.3) is 0 Å². The van der Waals surface area contributed by atoms with E-state index in [-0.39, 0.29) is 11.8 Å². The lowest BCUT2D eigenvalue weighted by Crippen LogP contribution is -2.48. The number of carbonyl (C=O) groups excluding carboxylic acids is 1. The summed E-state index contributed by atoms with van der Waals surface area (Å²) < 4.78 is 0. The minimum Gasteiger partial charge on any atom is -0.390 e. The van der Waals surface area contributed by atoms with Gasteiger partial charge in [-0.15, -0.1) is 0 Å². The molecule has 4 nitrogen and oxygen atoms in total. The molecule has 4 heteroatoms. The van der Waals surface area contributed by atoms with E-state index in [2.05, 4.69) is 12.2 Å². The number of amides is 1. The van der Waals surface area contributed by atoms with Crippen molar-refractivity contribution >= 4 is 5.91 Å². The van der Waals surface area contributed by atoms with Gasteiger partial charge in [0.2, 0.25) is 5.91 Å². The Balaban J connectivity index is 1.91. The fraction of sp³-hybridized carbons (Fsp3) is 0.917. The van der Waals surface area contributed by atoms with Gasteiger partial charge in [-0.05, 0) is 39.7 Å². The summed E-state index contributed by atoms with van der Waals surface area (Å²) in [5.74, 6) is 0.413. The molecule has 2 N–H and O–H groups in total. The number of carbonyl (C=O) groups is 1. The van der Waals surface area contributed by atoms with E-state index in [9.17, 15) is 9.90 Å². The van der Waals surface area contributed by atoms with E-state index >= 15 is 0 Å². The molecule has 2 saturated heterocycles. The molecule has 0 aromatic heterocycles. The van der Waals surface area contributed by atoms with E-state index in [1.165, 1.54) is 0 Å². The lowest BCUT2D eigenvalue weighted by molar-refractivity contribution is -0.139. The predicted octanol–water partition coefficient (Wildman–Crippen LogP) is 0.358. The summed E-state index contributed by atoms with van der Waals surface area (Å²) in [6.07, 6.45) is 2.35. The van der Waals surface area contributed by atoms with Crippen LogP contribution in [0, 0.1) is 5.92 Å². The van der Waals surface area contributed by atoms with Crippen molar-refractivity contribution in [3.05, 3.63) is 0 Å². The van der Waals surface area contributed by atoms with Gasteiger partial charge in [-0.2, -0.15) is 0 Å². The molecule has 92 valence electrons. The van der Waals surface area contributed by atoms with Crippen LogP contribution in [0.3, 0.4) is 0 Å². The standard InChI is InChI=1S/C12H22N2O2/c1-9-10(3-6-13-9)11(15)14-7-4-12(2,16)5-8-14/h9-10,13,16H,3-8H2,1-2H3. The van der Waals surface area contributed by atoms with E-state index in [0.717, 1.165) is 13.0 Å². The molecule has 2 aliphatic rings. The average molecular weight is 226 g/mol. The lowest BCUT2D eigenvalue weighted by atomic mass is 9.92. The van der Waals surface area contributed by atoms with Gasteiger partial charge in [-0.1, -0.05) is 0 Å². The molecule has 16 heavy (non-hydrogen) atoms. The number of hydrogen-bond acceptors (Lipinski definition) is 3. The number of nitrogens with zero attached hydrogens (tertiary/aromatic N) is 1. The first-order valence-corrected chi connectivity index (χ1v) is 6.24. The minimum absolute atomic E-state index is 0.142. The molecule has 0 bridgehead atoms. The molecular weight excluding hydrogens is 204 g/mol. The van der Waals surface area contributed by atoms with Gasteiger partial charge in [0, 0.05) is 19.1 Å². The summed E-state index contributed by atoms with van der Waals surface area (Å²) in [5, 5.41) is 13.1. The normalized spacial score (nSPS) is 34.1. The van der Waals surface area contributed by atoms with Crippen LogP contribution in [0.15, 0.2) is 0 Å². The number of likely N-dealkylation sites (tertiary alicyclic amines) is 1. The summed E-state index contributed by atoms with van der Waals surface area (Å²) in [5.41, 5.74) is -0.573. The van der Waals surface area contributed by atoms with E-state index in [1.807, 2.05) is 11.8 Å². The van der Waals surface area contributed by atoms with Gasteiger partial charge in [0.25, 0.3) is 0 Å². The molecule has 1 amide bonds. The van der Waals surface area contributed by atoms with Gasteiger partial charge in [0.1, 0.15) is 0 Å². The number of nitrogens with one attached hydrogen (secondary N) is 1. The van der Waals surface area contributed by atoms with Crippen molar-refractivity contribution in [3.8, 4) is 0 Å². The highest BCUT2D eigenvalue weighted by molar-refractivity contribution is 5.80. The monoisotopic (exact) mass is 226 g/mol. The molecule has 2 fully saturated rings. The second kappa shape index (κ2) is 4.34. The first-order chi connectivity index (χ1) is 7.49. The van der Waals surface area contributed by atoms with Crippen LogP contribution in [0.4, 0.5) is 0 Å². The second-order valence-electron chi connectivity index (χ2n) is 5.46. The van der Waals surface area contributed by atoms with Gasteiger partial charge in [-0.3, -0.25) is 4.79 Å². The van der Waals surface area contributed by atoms with E-state index in [0.29, 0.717) is 32.0 Å². The molecule has 0 aromatic rings. The zero-order valence-corrected chi connectivity index (χ0v) is 10.2. The highest BCUT2D eigenvalue weighted by Gasteiger charge is 2.36. The van der Waals surface area contributed by atoms with Crippen LogP contribution in [0.5, 0.6) is 0 Å². The van der Waals surface area contributed by atoms with Gasteiger partial charge in [0.15, 0.2) is 0 Å². The molecule has 0 saturated carbocycles. The Kier molecular flexibility index (Phi) is 3.22. The molecule has 2 aliphatic heterocycles. The van der Waals surface area contributed by atoms with Crippen molar-refractivity contribution in [1.82, 2.24) is 10.2 Å². The van der Waals surface area contributed by atoms with E-state index < -0.39 is 5.60 Å². The highest BCUT2D eigenvalue weighted by Crippen LogP contribution is 2.25. The molecule has 2 atom stereocenters. The summed E-state index contributed by atoms with van der Waals surface area (Å²) in [4.78, 5) is 14.1. The van der Waals surface area contributed by atoms with Crippen LogP contribution in [0.1, 0.15) is 33.1 Å². The smallest absolute Gasteiger partial charge is 0.227 e. The Hall–Kier alpha value is -0.610. The van der Waals surface area contributed by atoms with Crippen molar-refractivity contribution < 1.29 is 9.90 Å². The zero-order valence-electron chi connectivity index (χ0n) is 10.2. The summed E-state index contributed by atoms with van der Waals surface area (Å²) in [6.45, 7) is 6.29. The summed E-state index contributed by atoms with van der Waals surface area (Å²) in [6, 6.07) is 0.301. The van der Waals surface area contributed by atoms with Crippen molar-refractivity contribution in [2.75, 3.05) is 19.6 Å². The van der Waals surface area contributed by atoms with Gasteiger partial charge in [0.05, 0.1) is 11.5 Å². The molecule has 0 radical (unpaired) electrons. The third-order valence-corrected chi connectivity index (χ3v) is 3.99. The number of rotatable bonds is 1. The quantitative estimate of drug-likeness (QED) is 0.678. The maximum Gasteiger partial charge on any atom is 0.227 e. The molecule has 2 rings (SSSR count). The van der Waals surface area contributed by atoms with E-state index in [1.54, 1.807) is 0 Å². The fourth-order valence-electron chi connectivity index (χ4n) is 2.64. The minimum atomic E-state index is -0.573. The Morgan fingerprint density at radius 1 is 1.44 bits per heavy atom.